The maximum atomic E-state index is 12.0. The van der Waals surface area contributed by atoms with Gasteiger partial charge in [0.25, 0.3) is 5.91 Å². The molecule has 1 aliphatic rings. The molecule has 0 fully saturated rings. The predicted octanol–water partition coefficient (Wildman–Crippen LogP) is 2.81. The standard InChI is InChI=1S/C23H27N5O2/c1-18(15-19-5-3-2-4-6-19)16-27-11-8-22-26-25-21(28(22)13-12-27)7-10-24-23(29)20-9-14-30-17-20/h2-6,9,14-15,17H,7-8,10-13,16H2,1H3,(H,24,29)/b18-15+. The Morgan fingerprint density at radius 3 is 2.83 bits per heavy atom. The number of amides is 1. The summed E-state index contributed by atoms with van der Waals surface area (Å²) in [6.45, 7) is 6.45. The van der Waals surface area contributed by atoms with Crippen LogP contribution >= 0.6 is 0 Å². The van der Waals surface area contributed by atoms with Gasteiger partial charge in [0.05, 0.1) is 11.8 Å². The van der Waals surface area contributed by atoms with Crippen LogP contribution in [0, 0.1) is 0 Å². The number of carbonyl (C=O) groups excluding carboxylic acids is 1. The van der Waals surface area contributed by atoms with Gasteiger partial charge in [-0.2, -0.15) is 0 Å². The number of furan rings is 1. The molecule has 0 radical (unpaired) electrons. The van der Waals surface area contributed by atoms with E-state index in [-0.39, 0.29) is 5.91 Å². The summed E-state index contributed by atoms with van der Waals surface area (Å²) >= 11 is 0. The first-order valence-electron chi connectivity index (χ1n) is 10.3. The molecule has 0 aliphatic carbocycles. The van der Waals surface area contributed by atoms with Crippen LogP contribution in [0.25, 0.3) is 6.08 Å². The molecule has 0 saturated heterocycles. The van der Waals surface area contributed by atoms with Crippen molar-refractivity contribution in [2.45, 2.75) is 26.3 Å². The van der Waals surface area contributed by atoms with Gasteiger partial charge in [-0.15, -0.1) is 10.2 Å². The average Bonchev–Trinajstić information content (AvgIpc) is 3.37. The average molecular weight is 406 g/mol. The molecule has 4 rings (SSSR count). The lowest BCUT2D eigenvalue weighted by Crippen LogP contribution is -2.29. The molecule has 30 heavy (non-hydrogen) atoms. The summed E-state index contributed by atoms with van der Waals surface area (Å²) in [6, 6.07) is 12.1. The number of aromatic nitrogens is 3. The van der Waals surface area contributed by atoms with E-state index in [0.29, 0.717) is 18.5 Å². The molecule has 7 nitrogen and oxygen atoms in total. The molecule has 1 N–H and O–H groups in total. The van der Waals surface area contributed by atoms with Gasteiger partial charge in [0.1, 0.15) is 17.9 Å². The number of nitrogens with zero attached hydrogens (tertiary/aromatic N) is 4. The Morgan fingerprint density at radius 2 is 2.03 bits per heavy atom. The van der Waals surface area contributed by atoms with Crippen molar-refractivity contribution in [3.8, 4) is 0 Å². The molecule has 0 unspecified atom stereocenters. The van der Waals surface area contributed by atoms with Gasteiger partial charge in [-0.1, -0.05) is 42.0 Å². The van der Waals surface area contributed by atoms with E-state index in [0.717, 1.165) is 44.2 Å². The van der Waals surface area contributed by atoms with Gasteiger partial charge >= 0.3 is 0 Å². The molecular weight excluding hydrogens is 378 g/mol. The molecule has 0 spiro atoms. The number of nitrogens with one attached hydrogen (secondary N) is 1. The van der Waals surface area contributed by atoms with Crippen molar-refractivity contribution >= 4 is 12.0 Å². The zero-order chi connectivity index (χ0) is 20.8. The zero-order valence-corrected chi connectivity index (χ0v) is 17.3. The van der Waals surface area contributed by atoms with Gasteiger partial charge in [0.15, 0.2) is 0 Å². The Bertz CT molecular complexity index is 992. The normalized spacial score (nSPS) is 14.9. The van der Waals surface area contributed by atoms with Crippen LogP contribution in [-0.2, 0) is 19.4 Å². The van der Waals surface area contributed by atoms with Crippen LogP contribution in [0.5, 0.6) is 0 Å². The summed E-state index contributed by atoms with van der Waals surface area (Å²) in [5.74, 6) is 1.82. The fourth-order valence-corrected chi connectivity index (χ4v) is 3.79. The second-order valence-corrected chi connectivity index (χ2v) is 7.63. The van der Waals surface area contributed by atoms with Crippen molar-refractivity contribution in [1.82, 2.24) is 25.0 Å². The van der Waals surface area contributed by atoms with Crippen LogP contribution in [-0.4, -0.2) is 51.8 Å². The summed E-state index contributed by atoms with van der Waals surface area (Å²) in [5.41, 5.74) is 3.12. The summed E-state index contributed by atoms with van der Waals surface area (Å²) in [7, 11) is 0. The number of fused-ring (bicyclic) bond motifs is 1. The van der Waals surface area contributed by atoms with Crippen molar-refractivity contribution < 1.29 is 9.21 Å². The van der Waals surface area contributed by atoms with E-state index in [4.69, 9.17) is 4.42 Å². The molecule has 0 bridgehead atoms. The number of hydrogen-bond acceptors (Lipinski definition) is 5. The fraction of sp³-hybridized carbons (Fsp3) is 0.348. The van der Waals surface area contributed by atoms with E-state index in [1.165, 1.54) is 23.7 Å². The molecule has 1 aromatic carbocycles. The summed E-state index contributed by atoms with van der Waals surface area (Å²) < 4.78 is 7.16. The number of carbonyl (C=O) groups is 1. The van der Waals surface area contributed by atoms with Crippen molar-refractivity contribution in [2.75, 3.05) is 26.2 Å². The van der Waals surface area contributed by atoms with Crippen molar-refractivity contribution in [2.24, 2.45) is 0 Å². The minimum atomic E-state index is -0.133. The van der Waals surface area contributed by atoms with Gasteiger partial charge in [-0.05, 0) is 18.6 Å². The summed E-state index contributed by atoms with van der Waals surface area (Å²) in [5, 5.41) is 11.6. The minimum Gasteiger partial charge on any atom is -0.472 e. The second kappa shape index (κ2) is 9.54. The summed E-state index contributed by atoms with van der Waals surface area (Å²) in [4.78, 5) is 14.5. The smallest absolute Gasteiger partial charge is 0.254 e. The predicted molar refractivity (Wildman–Crippen MR) is 115 cm³/mol. The quantitative estimate of drug-likeness (QED) is 0.654. The molecule has 0 saturated carbocycles. The minimum absolute atomic E-state index is 0.133. The third-order valence-electron chi connectivity index (χ3n) is 5.30. The first kappa shape index (κ1) is 20.1. The SMILES string of the molecule is C/C(=C\c1ccccc1)CN1CCc2nnc(CCNC(=O)c3ccoc3)n2CC1. The lowest BCUT2D eigenvalue weighted by atomic mass is 10.1. The number of rotatable bonds is 7. The zero-order valence-electron chi connectivity index (χ0n) is 17.3. The number of benzene rings is 1. The van der Waals surface area contributed by atoms with E-state index < -0.39 is 0 Å². The Balaban J connectivity index is 1.30. The summed E-state index contributed by atoms with van der Waals surface area (Å²) in [6.07, 6.45) is 6.73. The molecule has 7 heteroatoms. The van der Waals surface area contributed by atoms with Crippen LogP contribution in [0.15, 0.2) is 58.9 Å². The number of hydrogen-bond donors (Lipinski definition) is 1. The van der Waals surface area contributed by atoms with Gasteiger partial charge in [-0.25, -0.2) is 0 Å². The van der Waals surface area contributed by atoms with Gasteiger partial charge < -0.3 is 14.3 Å². The third-order valence-corrected chi connectivity index (χ3v) is 5.30. The van der Waals surface area contributed by atoms with Gasteiger partial charge in [0, 0.05) is 45.6 Å². The van der Waals surface area contributed by atoms with E-state index in [1.54, 1.807) is 6.07 Å². The highest BCUT2D eigenvalue weighted by Gasteiger charge is 2.19. The Hall–Kier alpha value is -3.19. The Kier molecular flexibility index (Phi) is 6.39. The third kappa shape index (κ3) is 5.04. The van der Waals surface area contributed by atoms with Crippen LogP contribution in [0.3, 0.4) is 0 Å². The van der Waals surface area contributed by atoms with Crippen molar-refractivity contribution in [3.63, 3.8) is 0 Å². The highest BCUT2D eigenvalue weighted by molar-refractivity contribution is 5.93. The molecular formula is C23H27N5O2. The van der Waals surface area contributed by atoms with Crippen LogP contribution in [0.1, 0.15) is 34.5 Å². The van der Waals surface area contributed by atoms with E-state index in [9.17, 15) is 4.79 Å². The van der Waals surface area contributed by atoms with E-state index in [1.807, 2.05) is 6.07 Å². The molecule has 0 atom stereocenters. The molecule has 1 amide bonds. The van der Waals surface area contributed by atoms with E-state index in [2.05, 4.69) is 62.2 Å². The Labute approximate surface area is 176 Å². The van der Waals surface area contributed by atoms with Gasteiger partial charge in [0.2, 0.25) is 0 Å². The highest BCUT2D eigenvalue weighted by Crippen LogP contribution is 2.13. The first-order chi connectivity index (χ1) is 14.7. The molecule has 1 aliphatic heterocycles. The highest BCUT2D eigenvalue weighted by atomic mass is 16.3. The maximum Gasteiger partial charge on any atom is 0.254 e. The van der Waals surface area contributed by atoms with Crippen molar-refractivity contribution in [3.05, 3.63) is 77.3 Å². The lowest BCUT2D eigenvalue weighted by molar-refractivity contribution is 0.0953. The van der Waals surface area contributed by atoms with Crippen LogP contribution in [0.4, 0.5) is 0 Å². The monoisotopic (exact) mass is 405 g/mol. The second-order valence-electron chi connectivity index (χ2n) is 7.63. The van der Waals surface area contributed by atoms with E-state index >= 15 is 0 Å². The molecule has 156 valence electrons. The Morgan fingerprint density at radius 1 is 1.17 bits per heavy atom. The van der Waals surface area contributed by atoms with Gasteiger partial charge in [-0.3, -0.25) is 9.69 Å². The largest absolute Gasteiger partial charge is 0.472 e. The maximum absolute atomic E-state index is 12.0. The fourth-order valence-electron chi connectivity index (χ4n) is 3.79. The topological polar surface area (TPSA) is 76.2 Å². The van der Waals surface area contributed by atoms with Crippen LogP contribution < -0.4 is 5.32 Å². The molecule has 3 aromatic rings. The van der Waals surface area contributed by atoms with Crippen LogP contribution in [0.2, 0.25) is 0 Å². The first-order valence-corrected chi connectivity index (χ1v) is 10.3. The molecule has 3 heterocycles. The molecule has 2 aromatic heterocycles. The lowest BCUT2D eigenvalue weighted by Gasteiger charge is -2.20. The van der Waals surface area contributed by atoms with Crippen molar-refractivity contribution in [1.29, 1.82) is 0 Å².